The van der Waals surface area contributed by atoms with Gasteiger partial charge in [-0.05, 0) is 29.0 Å². The Morgan fingerprint density at radius 1 is 1.06 bits per heavy atom. The van der Waals surface area contributed by atoms with E-state index in [9.17, 15) is 0 Å². The van der Waals surface area contributed by atoms with Crippen LogP contribution in [-0.2, 0) is 7.05 Å². The smallest absolute Gasteiger partial charge is 0.0928 e. The topological polar surface area (TPSA) is 17.8 Å². The van der Waals surface area contributed by atoms with Crippen LogP contribution < -0.4 is 0 Å². The first-order chi connectivity index (χ1) is 7.49. The Bertz CT molecular complexity index is 507. The highest BCUT2D eigenvalue weighted by Crippen LogP contribution is 2.29. The van der Waals surface area contributed by atoms with E-state index in [1.807, 2.05) is 11.7 Å². The average molecular weight is 216 g/mol. The lowest BCUT2D eigenvalue weighted by atomic mass is 9.93. The van der Waals surface area contributed by atoms with Crippen LogP contribution in [0.25, 0.3) is 10.9 Å². The number of fused-ring (bicyclic) bond motifs is 1. The lowest BCUT2D eigenvalue weighted by Gasteiger charge is -2.12. The van der Waals surface area contributed by atoms with Crippen LogP contribution in [0, 0.1) is 0 Å². The standard InChI is InChI=1S/C14H20N2/c1-9(2)11-6-12(10(3)4)13-8-16(5)15-14(13)7-11/h6-10H,1-5H3. The SMILES string of the molecule is CC(C)c1cc(C(C)C)c2cn(C)nc2c1. The number of aromatic nitrogens is 2. The molecule has 0 fully saturated rings. The summed E-state index contributed by atoms with van der Waals surface area (Å²) in [5.41, 5.74) is 3.92. The minimum absolute atomic E-state index is 0.547. The monoisotopic (exact) mass is 216 g/mol. The largest absolute Gasteiger partial charge is 0.275 e. The molecule has 0 spiro atoms. The molecule has 0 amide bonds. The second kappa shape index (κ2) is 3.93. The molecule has 16 heavy (non-hydrogen) atoms. The zero-order valence-electron chi connectivity index (χ0n) is 10.8. The van der Waals surface area contributed by atoms with E-state index >= 15 is 0 Å². The van der Waals surface area contributed by atoms with E-state index in [4.69, 9.17) is 0 Å². The van der Waals surface area contributed by atoms with E-state index in [-0.39, 0.29) is 0 Å². The Morgan fingerprint density at radius 2 is 1.75 bits per heavy atom. The van der Waals surface area contributed by atoms with Gasteiger partial charge in [0.05, 0.1) is 5.52 Å². The third-order valence-electron chi connectivity index (χ3n) is 3.08. The first-order valence-electron chi connectivity index (χ1n) is 5.96. The van der Waals surface area contributed by atoms with E-state index < -0.39 is 0 Å². The van der Waals surface area contributed by atoms with Crippen molar-refractivity contribution in [2.75, 3.05) is 0 Å². The van der Waals surface area contributed by atoms with Crippen molar-refractivity contribution in [3.8, 4) is 0 Å². The van der Waals surface area contributed by atoms with Gasteiger partial charge in [-0.25, -0.2) is 0 Å². The summed E-state index contributed by atoms with van der Waals surface area (Å²) in [6.07, 6.45) is 2.12. The second-order valence-electron chi connectivity index (χ2n) is 5.16. The predicted molar refractivity (Wildman–Crippen MR) is 68.9 cm³/mol. The Kier molecular flexibility index (Phi) is 2.75. The molecule has 0 aliphatic heterocycles. The van der Waals surface area contributed by atoms with E-state index in [0.717, 1.165) is 5.52 Å². The lowest BCUT2D eigenvalue weighted by Crippen LogP contribution is -1.94. The summed E-state index contributed by atoms with van der Waals surface area (Å²) < 4.78 is 1.90. The molecule has 2 heteroatoms. The summed E-state index contributed by atoms with van der Waals surface area (Å²) in [7, 11) is 1.99. The van der Waals surface area contributed by atoms with E-state index in [1.165, 1.54) is 16.5 Å². The van der Waals surface area contributed by atoms with Crippen LogP contribution >= 0.6 is 0 Å². The molecule has 0 unspecified atom stereocenters. The number of nitrogens with zero attached hydrogens (tertiary/aromatic N) is 2. The quantitative estimate of drug-likeness (QED) is 0.746. The van der Waals surface area contributed by atoms with Crippen LogP contribution in [0.2, 0.25) is 0 Å². The fourth-order valence-corrected chi connectivity index (χ4v) is 2.10. The van der Waals surface area contributed by atoms with Gasteiger partial charge >= 0.3 is 0 Å². The lowest BCUT2D eigenvalue weighted by molar-refractivity contribution is 0.779. The van der Waals surface area contributed by atoms with Crippen LogP contribution in [0.5, 0.6) is 0 Å². The highest BCUT2D eigenvalue weighted by atomic mass is 15.2. The van der Waals surface area contributed by atoms with E-state index in [0.29, 0.717) is 11.8 Å². The minimum Gasteiger partial charge on any atom is -0.275 e. The molecule has 0 saturated carbocycles. The average Bonchev–Trinajstić information content (AvgIpc) is 2.55. The molecule has 1 aromatic carbocycles. The number of rotatable bonds is 2. The summed E-state index contributed by atoms with van der Waals surface area (Å²) in [4.78, 5) is 0. The highest BCUT2D eigenvalue weighted by molar-refractivity contribution is 5.83. The molecular weight excluding hydrogens is 196 g/mol. The molecule has 1 aromatic heterocycles. The molecule has 0 bridgehead atoms. The second-order valence-corrected chi connectivity index (χ2v) is 5.16. The van der Waals surface area contributed by atoms with Crippen molar-refractivity contribution in [1.82, 2.24) is 9.78 Å². The van der Waals surface area contributed by atoms with Gasteiger partial charge in [0.15, 0.2) is 0 Å². The number of hydrogen-bond donors (Lipinski definition) is 0. The van der Waals surface area contributed by atoms with Gasteiger partial charge in [0.2, 0.25) is 0 Å². The van der Waals surface area contributed by atoms with Crippen LogP contribution in [0.1, 0.15) is 50.7 Å². The predicted octanol–water partition coefficient (Wildman–Crippen LogP) is 3.82. The summed E-state index contributed by atoms with van der Waals surface area (Å²) in [5.74, 6) is 1.11. The van der Waals surface area contributed by atoms with Crippen molar-refractivity contribution in [3.63, 3.8) is 0 Å². The van der Waals surface area contributed by atoms with Gasteiger partial charge in [-0.15, -0.1) is 0 Å². The maximum atomic E-state index is 4.52. The number of benzene rings is 1. The molecule has 2 aromatic rings. The Balaban J connectivity index is 2.73. The van der Waals surface area contributed by atoms with E-state index in [2.05, 4.69) is 51.1 Å². The first-order valence-corrected chi connectivity index (χ1v) is 5.96. The van der Waals surface area contributed by atoms with Crippen molar-refractivity contribution >= 4 is 10.9 Å². The number of hydrogen-bond acceptors (Lipinski definition) is 1. The number of aryl methyl sites for hydroxylation is 1. The molecule has 2 rings (SSSR count). The van der Waals surface area contributed by atoms with Crippen molar-refractivity contribution in [2.45, 2.75) is 39.5 Å². The molecule has 0 radical (unpaired) electrons. The van der Waals surface area contributed by atoms with Crippen molar-refractivity contribution < 1.29 is 0 Å². The zero-order valence-corrected chi connectivity index (χ0v) is 10.8. The van der Waals surface area contributed by atoms with Gasteiger partial charge in [0, 0.05) is 18.6 Å². The first kappa shape index (κ1) is 11.2. The Labute approximate surface area is 97.3 Å². The minimum atomic E-state index is 0.547. The maximum Gasteiger partial charge on any atom is 0.0928 e. The van der Waals surface area contributed by atoms with Crippen LogP contribution in [0.15, 0.2) is 18.3 Å². The molecule has 0 N–H and O–H groups in total. The van der Waals surface area contributed by atoms with Crippen molar-refractivity contribution in [2.24, 2.45) is 7.05 Å². The third-order valence-corrected chi connectivity index (χ3v) is 3.08. The van der Waals surface area contributed by atoms with Gasteiger partial charge in [0.1, 0.15) is 0 Å². The molecule has 0 aliphatic rings. The molecule has 0 saturated heterocycles. The molecule has 1 heterocycles. The Hall–Kier alpha value is -1.31. The zero-order chi connectivity index (χ0) is 11.9. The van der Waals surface area contributed by atoms with Gasteiger partial charge in [-0.2, -0.15) is 5.10 Å². The highest BCUT2D eigenvalue weighted by Gasteiger charge is 2.11. The van der Waals surface area contributed by atoms with Crippen molar-refractivity contribution in [1.29, 1.82) is 0 Å². The van der Waals surface area contributed by atoms with Gasteiger partial charge in [-0.1, -0.05) is 33.8 Å². The Morgan fingerprint density at radius 3 is 2.31 bits per heavy atom. The summed E-state index contributed by atoms with van der Waals surface area (Å²) in [6.45, 7) is 8.94. The van der Waals surface area contributed by atoms with Crippen LogP contribution in [0.4, 0.5) is 0 Å². The molecule has 86 valence electrons. The van der Waals surface area contributed by atoms with E-state index in [1.54, 1.807) is 0 Å². The molecule has 0 atom stereocenters. The normalized spacial score (nSPS) is 11.9. The molecular formula is C14H20N2. The van der Waals surface area contributed by atoms with Gasteiger partial charge in [0.25, 0.3) is 0 Å². The molecule has 2 nitrogen and oxygen atoms in total. The van der Waals surface area contributed by atoms with Crippen LogP contribution in [-0.4, -0.2) is 9.78 Å². The van der Waals surface area contributed by atoms with Gasteiger partial charge < -0.3 is 0 Å². The van der Waals surface area contributed by atoms with Gasteiger partial charge in [-0.3, -0.25) is 4.68 Å². The maximum absolute atomic E-state index is 4.52. The fourth-order valence-electron chi connectivity index (χ4n) is 2.10. The van der Waals surface area contributed by atoms with Crippen molar-refractivity contribution in [3.05, 3.63) is 29.5 Å². The third kappa shape index (κ3) is 1.84. The molecule has 0 aliphatic carbocycles. The summed E-state index contributed by atoms with van der Waals surface area (Å²) in [6, 6.07) is 4.55. The summed E-state index contributed by atoms with van der Waals surface area (Å²) >= 11 is 0. The summed E-state index contributed by atoms with van der Waals surface area (Å²) in [5, 5.41) is 5.81. The van der Waals surface area contributed by atoms with Crippen LogP contribution in [0.3, 0.4) is 0 Å². The fraction of sp³-hybridized carbons (Fsp3) is 0.500.